The SMILES string of the molecule is Cc1c(C)c(C)c(C)c(C)c1C.[Cl-].[Cl-].[Ru+2]. The number of hydrogen-bond acceptors (Lipinski definition) is 0. The third-order valence-corrected chi connectivity index (χ3v) is 3.38. The van der Waals surface area contributed by atoms with Crippen LogP contribution in [-0.4, -0.2) is 0 Å². The topological polar surface area (TPSA) is 0 Å². The van der Waals surface area contributed by atoms with Crippen LogP contribution in [-0.2, 0) is 19.5 Å². The van der Waals surface area contributed by atoms with E-state index in [1.807, 2.05) is 0 Å². The van der Waals surface area contributed by atoms with Gasteiger partial charge in [-0.15, -0.1) is 0 Å². The molecular weight excluding hydrogens is 316 g/mol. The fourth-order valence-electron chi connectivity index (χ4n) is 1.69. The largest absolute Gasteiger partial charge is 2.00 e. The second-order valence-corrected chi connectivity index (χ2v) is 3.75. The van der Waals surface area contributed by atoms with Crippen LogP contribution in [0.1, 0.15) is 33.4 Å². The van der Waals surface area contributed by atoms with Crippen LogP contribution < -0.4 is 24.8 Å². The first kappa shape index (κ1) is 20.8. The van der Waals surface area contributed by atoms with Gasteiger partial charge < -0.3 is 24.8 Å². The molecule has 0 saturated carbocycles. The summed E-state index contributed by atoms with van der Waals surface area (Å²) in [4.78, 5) is 0. The van der Waals surface area contributed by atoms with Crippen molar-refractivity contribution < 1.29 is 44.3 Å². The summed E-state index contributed by atoms with van der Waals surface area (Å²) in [6.45, 7) is 13.3. The smallest absolute Gasteiger partial charge is 1.00 e. The fraction of sp³-hybridized carbons (Fsp3) is 0.500. The van der Waals surface area contributed by atoms with Crippen LogP contribution in [0.2, 0.25) is 0 Å². The van der Waals surface area contributed by atoms with Gasteiger partial charge in [0.15, 0.2) is 0 Å². The Morgan fingerprint density at radius 2 is 0.467 bits per heavy atom. The molecule has 0 radical (unpaired) electrons. The van der Waals surface area contributed by atoms with Crippen molar-refractivity contribution in [2.45, 2.75) is 41.5 Å². The Balaban J connectivity index is -0.000000480. The molecule has 0 amide bonds. The van der Waals surface area contributed by atoms with Gasteiger partial charge in [0.1, 0.15) is 0 Å². The third kappa shape index (κ3) is 3.73. The molecule has 3 heteroatoms. The van der Waals surface area contributed by atoms with Crippen molar-refractivity contribution in [1.29, 1.82) is 0 Å². The maximum Gasteiger partial charge on any atom is 2.00 e. The monoisotopic (exact) mass is 334 g/mol. The maximum absolute atomic E-state index is 2.21. The van der Waals surface area contributed by atoms with E-state index in [0.29, 0.717) is 0 Å². The van der Waals surface area contributed by atoms with E-state index in [2.05, 4.69) is 41.5 Å². The minimum atomic E-state index is 0. The maximum atomic E-state index is 2.21. The van der Waals surface area contributed by atoms with Gasteiger partial charge in [-0.2, -0.15) is 0 Å². The Kier molecular flexibility index (Phi) is 10.6. The van der Waals surface area contributed by atoms with Gasteiger partial charge in [0.25, 0.3) is 0 Å². The molecule has 1 rings (SSSR count). The van der Waals surface area contributed by atoms with Gasteiger partial charge in [0, 0.05) is 0 Å². The molecule has 88 valence electrons. The minimum Gasteiger partial charge on any atom is -1.00 e. The van der Waals surface area contributed by atoms with Crippen molar-refractivity contribution in [3.05, 3.63) is 33.4 Å². The summed E-state index contributed by atoms with van der Waals surface area (Å²) in [6.07, 6.45) is 0. The van der Waals surface area contributed by atoms with Crippen molar-refractivity contribution in [2.75, 3.05) is 0 Å². The number of rotatable bonds is 0. The molecule has 0 atom stereocenters. The van der Waals surface area contributed by atoms with Crippen LogP contribution in [0.15, 0.2) is 0 Å². The van der Waals surface area contributed by atoms with Gasteiger partial charge in [-0.05, 0) is 74.9 Å². The molecule has 0 heterocycles. The van der Waals surface area contributed by atoms with Gasteiger partial charge in [-0.25, -0.2) is 0 Å². The van der Waals surface area contributed by atoms with E-state index < -0.39 is 0 Å². The van der Waals surface area contributed by atoms with Gasteiger partial charge in [-0.3, -0.25) is 0 Å². The van der Waals surface area contributed by atoms with Gasteiger partial charge in [0.2, 0.25) is 0 Å². The molecule has 0 bridgehead atoms. The summed E-state index contributed by atoms with van der Waals surface area (Å²) in [5.74, 6) is 0. The molecule has 15 heavy (non-hydrogen) atoms. The van der Waals surface area contributed by atoms with Crippen LogP contribution in [0.5, 0.6) is 0 Å². The minimum absolute atomic E-state index is 0. The molecule has 0 spiro atoms. The first-order valence-electron chi connectivity index (χ1n) is 4.50. The van der Waals surface area contributed by atoms with E-state index in [-0.39, 0.29) is 44.3 Å². The summed E-state index contributed by atoms with van der Waals surface area (Å²) in [5, 5.41) is 0. The standard InChI is InChI=1S/C12H18.2ClH.Ru/c1-7-8(2)10(4)12(6)11(5)9(7)3;;;/h1-6H3;2*1H;/q;;;+2/p-2. The van der Waals surface area contributed by atoms with Crippen LogP contribution >= 0.6 is 0 Å². The van der Waals surface area contributed by atoms with Crippen molar-refractivity contribution in [1.82, 2.24) is 0 Å². The Labute approximate surface area is 119 Å². The molecule has 0 unspecified atom stereocenters. The molecule has 1 aromatic rings. The Morgan fingerprint density at radius 3 is 0.533 bits per heavy atom. The number of halogens is 2. The van der Waals surface area contributed by atoms with Gasteiger partial charge in [-0.1, -0.05) is 0 Å². The second-order valence-electron chi connectivity index (χ2n) is 3.75. The van der Waals surface area contributed by atoms with E-state index in [1.54, 1.807) is 0 Å². The number of benzene rings is 1. The summed E-state index contributed by atoms with van der Waals surface area (Å²) in [7, 11) is 0. The summed E-state index contributed by atoms with van der Waals surface area (Å²) in [6, 6.07) is 0. The Bertz CT molecular complexity index is 228. The third-order valence-electron chi connectivity index (χ3n) is 3.38. The molecule has 0 aliphatic carbocycles. The van der Waals surface area contributed by atoms with Crippen LogP contribution in [0, 0.1) is 41.5 Å². The van der Waals surface area contributed by atoms with Crippen LogP contribution in [0.4, 0.5) is 0 Å². The zero-order valence-corrected chi connectivity index (χ0v) is 13.4. The zero-order chi connectivity index (χ0) is 9.46. The first-order valence-corrected chi connectivity index (χ1v) is 4.50. The van der Waals surface area contributed by atoms with Crippen molar-refractivity contribution in [3.63, 3.8) is 0 Å². The van der Waals surface area contributed by atoms with E-state index >= 15 is 0 Å². The molecular formula is C12H18Cl2Ru. The summed E-state index contributed by atoms with van der Waals surface area (Å²) < 4.78 is 0. The Morgan fingerprint density at radius 1 is 0.400 bits per heavy atom. The van der Waals surface area contributed by atoms with E-state index in [1.165, 1.54) is 33.4 Å². The molecule has 1 aromatic carbocycles. The van der Waals surface area contributed by atoms with Gasteiger partial charge >= 0.3 is 19.5 Å². The van der Waals surface area contributed by atoms with Crippen molar-refractivity contribution >= 4 is 0 Å². The normalized spacial score (nSPS) is 8.40. The summed E-state index contributed by atoms with van der Waals surface area (Å²) >= 11 is 0. The Hall–Kier alpha value is 0.423. The van der Waals surface area contributed by atoms with Crippen molar-refractivity contribution in [2.24, 2.45) is 0 Å². The quantitative estimate of drug-likeness (QED) is 0.462. The molecule has 0 aromatic heterocycles. The molecule has 0 aliphatic rings. The average Bonchev–Trinajstić information content (AvgIpc) is 2.08. The van der Waals surface area contributed by atoms with Crippen LogP contribution in [0.25, 0.3) is 0 Å². The second kappa shape index (κ2) is 7.66. The van der Waals surface area contributed by atoms with E-state index in [0.717, 1.165) is 0 Å². The summed E-state index contributed by atoms with van der Waals surface area (Å²) in [5.41, 5.74) is 8.73. The van der Waals surface area contributed by atoms with E-state index in [4.69, 9.17) is 0 Å². The molecule has 0 nitrogen and oxygen atoms in total. The average molecular weight is 334 g/mol. The molecule has 0 saturated heterocycles. The number of hydrogen-bond donors (Lipinski definition) is 0. The van der Waals surface area contributed by atoms with Crippen LogP contribution in [0.3, 0.4) is 0 Å². The fourth-order valence-corrected chi connectivity index (χ4v) is 1.69. The van der Waals surface area contributed by atoms with E-state index in [9.17, 15) is 0 Å². The van der Waals surface area contributed by atoms with Gasteiger partial charge in [0.05, 0.1) is 0 Å². The van der Waals surface area contributed by atoms with Crippen molar-refractivity contribution in [3.8, 4) is 0 Å². The molecule has 0 aliphatic heterocycles. The predicted octanol–water partition coefficient (Wildman–Crippen LogP) is -2.46. The predicted molar refractivity (Wildman–Crippen MR) is 54.9 cm³/mol. The first-order chi connectivity index (χ1) is 5.46. The molecule has 0 fully saturated rings. The zero-order valence-electron chi connectivity index (χ0n) is 10.1. The molecule has 0 N–H and O–H groups in total.